The summed E-state index contributed by atoms with van der Waals surface area (Å²) in [6.45, 7) is 3.62. The van der Waals surface area contributed by atoms with E-state index in [0.717, 1.165) is 22.9 Å². The summed E-state index contributed by atoms with van der Waals surface area (Å²) in [5.41, 5.74) is 1.95. The fourth-order valence-corrected chi connectivity index (χ4v) is 3.85. The van der Waals surface area contributed by atoms with E-state index in [2.05, 4.69) is 15.9 Å². The Hall–Kier alpha value is -3.17. The lowest BCUT2D eigenvalue weighted by Gasteiger charge is -2.11. The van der Waals surface area contributed by atoms with Gasteiger partial charge in [0.05, 0.1) is 24.8 Å². The highest BCUT2D eigenvalue weighted by Crippen LogP contribution is 2.32. The average Bonchev–Trinajstić information content (AvgIpc) is 3.08. The molecule has 1 heterocycles. The van der Waals surface area contributed by atoms with Gasteiger partial charge in [-0.3, -0.25) is 4.79 Å². The minimum absolute atomic E-state index is 0.121. The number of carbonyl (C=O) groups excluding carboxylic acids is 2. The summed E-state index contributed by atoms with van der Waals surface area (Å²) in [4.78, 5) is 33.8. The van der Waals surface area contributed by atoms with E-state index in [-0.39, 0.29) is 23.5 Å². The van der Waals surface area contributed by atoms with Crippen LogP contribution < -0.4 is 4.74 Å². The number of aldehydes is 1. The molecule has 0 saturated heterocycles. The van der Waals surface area contributed by atoms with E-state index in [1.807, 2.05) is 0 Å². The van der Waals surface area contributed by atoms with Gasteiger partial charge < -0.3 is 19.1 Å². The number of carbonyl (C=O) groups is 3. The first kappa shape index (κ1) is 27.1. The molecule has 0 spiro atoms. The van der Waals surface area contributed by atoms with Gasteiger partial charge >= 0.3 is 11.9 Å². The molecule has 0 atom stereocenters. The molecule has 3 aromatic rings. The molecule has 0 aliphatic carbocycles. The zero-order valence-electron chi connectivity index (χ0n) is 18.8. The predicted molar refractivity (Wildman–Crippen MR) is 130 cm³/mol. The number of ether oxygens (including phenoxy) is 2. The van der Waals surface area contributed by atoms with Crippen LogP contribution >= 0.6 is 27.5 Å². The molecule has 0 fully saturated rings. The number of halogens is 3. The topological polar surface area (TPSA) is 94.8 Å². The van der Waals surface area contributed by atoms with Crippen molar-refractivity contribution < 1.29 is 33.4 Å². The van der Waals surface area contributed by atoms with Crippen molar-refractivity contribution in [2.45, 2.75) is 13.8 Å². The Kier molecular flexibility index (Phi) is 9.40. The fraction of sp³-hybridized carbons (Fsp3) is 0.208. The van der Waals surface area contributed by atoms with Gasteiger partial charge in [0.25, 0.3) is 0 Å². The van der Waals surface area contributed by atoms with Crippen molar-refractivity contribution in [2.24, 2.45) is 7.05 Å². The number of methoxy groups -OCH3 is 1. The lowest BCUT2D eigenvalue weighted by Crippen LogP contribution is -2.06. The van der Waals surface area contributed by atoms with Crippen LogP contribution in [0.4, 0.5) is 4.39 Å². The van der Waals surface area contributed by atoms with Crippen molar-refractivity contribution in [1.29, 1.82) is 0 Å². The monoisotopic (exact) mass is 553 g/mol. The maximum atomic E-state index is 14.1. The minimum Gasteiger partial charge on any atom is -0.494 e. The molecule has 10 heteroatoms. The second-order valence-electron chi connectivity index (χ2n) is 6.93. The van der Waals surface area contributed by atoms with Gasteiger partial charge in [0.1, 0.15) is 0 Å². The molecular weight excluding hydrogens is 533 g/mol. The highest BCUT2D eigenvalue weighted by molar-refractivity contribution is 9.10. The quantitative estimate of drug-likeness (QED) is 0.299. The van der Waals surface area contributed by atoms with Crippen LogP contribution in [-0.4, -0.2) is 41.6 Å². The molecule has 180 valence electrons. The maximum Gasteiger partial charge on any atom is 0.339 e. The summed E-state index contributed by atoms with van der Waals surface area (Å²) in [6, 6.07) is 8.74. The standard InChI is InChI=1S/C17H18FNO5.C7H4BrClO/c1-5-24-17(22)10-7-14(19(3)9(10)2)11-6-13(18)15(23-4)8-12(11)16(20)21;8-7-3-6(9)2-1-5(7)4-10/h6-8H,5H2,1-4H3,(H,20,21);1-4H. The molecule has 34 heavy (non-hydrogen) atoms. The zero-order valence-corrected chi connectivity index (χ0v) is 21.2. The third-order valence-corrected chi connectivity index (χ3v) is 5.84. The Morgan fingerprint density at radius 1 is 1.21 bits per heavy atom. The zero-order chi connectivity index (χ0) is 25.6. The highest BCUT2D eigenvalue weighted by atomic mass is 79.9. The molecule has 0 bridgehead atoms. The van der Waals surface area contributed by atoms with Crippen LogP contribution in [-0.2, 0) is 11.8 Å². The van der Waals surface area contributed by atoms with E-state index in [1.54, 1.807) is 43.7 Å². The number of rotatable bonds is 6. The molecule has 3 rings (SSSR count). The van der Waals surface area contributed by atoms with Gasteiger partial charge in [-0.05, 0) is 50.2 Å². The largest absolute Gasteiger partial charge is 0.494 e. The smallest absolute Gasteiger partial charge is 0.339 e. The number of benzene rings is 2. The van der Waals surface area contributed by atoms with Gasteiger partial charge in [0.2, 0.25) is 0 Å². The molecule has 0 amide bonds. The first-order chi connectivity index (χ1) is 16.0. The number of hydrogen-bond acceptors (Lipinski definition) is 5. The molecule has 1 N–H and O–H groups in total. The van der Waals surface area contributed by atoms with Gasteiger partial charge in [-0.2, -0.15) is 0 Å². The van der Waals surface area contributed by atoms with Crippen molar-refractivity contribution >= 4 is 45.8 Å². The first-order valence-electron chi connectivity index (χ1n) is 9.90. The summed E-state index contributed by atoms with van der Waals surface area (Å²) >= 11 is 8.82. The molecular formula is C24H22BrClFNO6. The Morgan fingerprint density at radius 3 is 2.41 bits per heavy atom. The molecule has 0 radical (unpaired) electrons. The minimum atomic E-state index is -1.22. The number of nitrogens with zero attached hydrogens (tertiary/aromatic N) is 1. The van der Waals surface area contributed by atoms with Crippen LogP contribution in [0.3, 0.4) is 0 Å². The molecule has 0 aliphatic heterocycles. The van der Waals surface area contributed by atoms with E-state index < -0.39 is 17.8 Å². The molecule has 0 aliphatic rings. The Balaban J connectivity index is 0.000000340. The summed E-state index contributed by atoms with van der Waals surface area (Å²) in [6.07, 6.45) is 0.778. The normalized spacial score (nSPS) is 10.2. The number of carboxylic acids is 1. The lowest BCUT2D eigenvalue weighted by atomic mass is 10.0. The van der Waals surface area contributed by atoms with Crippen LogP contribution in [0.2, 0.25) is 5.02 Å². The van der Waals surface area contributed by atoms with E-state index in [0.29, 0.717) is 27.5 Å². The van der Waals surface area contributed by atoms with Crippen molar-refractivity contribution in [3.63, 3.8) is 0 Å². The van der Waals surface area contributed by atoms with Crippen molar-refractivity contribution in [3.05, 3.63) is 74.1 Å². The Bertz CT molecular complexity index is 1240. The van der Waals surface area contributed by atoms with Gasteiger partial charge in [-0.1, -0.05) is 27.5 Å². The highest BCUT2D eigenvalue weighted by Gasteiger charge is 2.23. The van der Waals surface area contributed by atoms with Crippen molar-refractivity contribution in [2.75, 3.05) is 13.7 Å². The third kappa shape index (κ3) is 6.03. The molecule has 0 saturated carbocycles. The van der Waals surface area contributed by atoms with E-state index >= 15 is 0 Å². The van der Waals surface area contributed by atoms with E-state index in [9.17, 15) is 23.9 Å². The molecule has 2 aromatic carbocycles. The van der Waals surface area contributed by atoms with Gasteiger partial charge in [-0.15, -0.1) is 0 Å². The summed E-state index contributed by atoms with van der Waals surface area (Å²) < 4.78 is 26.3. The van der Waals surface area contributed by atoms with E-state index in [1.165, 1.54) is 13.2 Å². The average molecular weight is 555 g/mol. The second kappa shape index (κ2) is 11.8. The SMILES string of the molecule is CCOC(=O)c1cc(-c2cc(F)c(OC)cc2C(=O)O)n(C)c1C.O=Cc1ccc(Cl)cc1Br. The molecule has 0 unspecified atom stereocenters. The predicted octanol–water partition coefficient (Wildman–Crippen LogP) is 5.94. The first-order valence-corrected chi connectivity index (χ1v) is 11.1. The van der Waals surface area contributed by atoms with Gasteiger partial charge in [0.15, 0.2) is 17.9 Å². The van der Waals surface area contributed by atoms with Crippen molar-refractivity contribution in [1.82, 2.24) is 4.57 Å². The van der Waals surface area contributed by atoms with Gasteiger partial charge in [-0.25, -0.2) is 14.0 Å². The Morgan fingerprint density at radius 2 is 1.88 bits per heavy atom. The van der Waals surface area contributed by atoms with Crippen LogP contribution in [0.5, 0.6) is 5.75 Å². The van der Waals surface area contributed by atoms with Crippen LogP contribution in [0.25, 0.3) is 11.3 Å². The Labute approximate surface area is 209 Å². The van der Waals surface area contributed by atoms with Crippen LogP contribution in [0, 0.1) is 12.7 Å². The van der Waals surface area contributed by atoms with Crippen LogP contribution in [0.15, 0.2) is 40.9 Å². The van der Waals surface area contributed by atoms with Gasteiger partial charge in [0, 0.05) is 39.1 Å². The molecule has 1 aromatic heterocycles. The fourth-order valence-electron chi connectivity index (χ4n) is 3.07. The summed E-state index contributed by atoms with van der Waals surface area (Å²) in [5.74, 6) is -2.58. The number of carboxylic acid groups (broad SMARTS) is 1. The number of aromatic nitrogens is 1. The maximum absolute atomic E-state index is 14.1. The number of aromatic carboxylic acids is 1. The van der Waals surface area contributed by atoms with Crippen LogP contribution in [0.1, 0.15) is 43.7 Å². The second-order valence-corrected chi connectivity index (χ2v) is 8.22. The number of esters is 1. The summed E-state index contributed by atoms with van der Waals surface area (Å²) in [7, 11) is 2.93. The lowest BCUT2D eigenvalue weighted by molar-refractivity contribution is 0.0524. The third-order valence-electron chi connectivity index (χ3n) is 4.92. The molecule has 7 nitrogen and oxygen atoms in total. The van der Waals surface area contributed by atoms with E-state index in [4.69, 9.17) is 21.1 Å². The van der Waals surface area contributed by atoms with Crippen molar-refractivity contribution in [3.8, 4) is 17.0 Å². The number of hydrogen-bond donors (Lipinski definition) is 1. The summed E-state index contributed by atoms with van der Waals surface area (Å²) in [5, 5.41) is 10.0.